The Balaban J connectivity index is 2.51. The SMILES string of the molecule is COc1c(CO)cc(Cl)cc1S(=O)(=O)Nc1nnc(C)s1. The highest BCUT2D eigenvalue weighted by molar-refractivity contribution is 7.93. The number of nitrogens with zero attached hydrogens (tertiary/aromatic N) is 2. The third kappa shape index (κ3) is 3.43. The third-order valence-corrected chi connectivity index (χ3v) is 4.95. The van der Waals surface area contributed by atoms with Gasteiger partial charge in [0.1, 0.15) is 15.7 Å². The van der Waals surface area contributed by atoms with Gasteiger partial charge in [0.15, 0.2) is 0 Å². The molecule has 7 nitrogen and oxygen atoms in total. The summed E-state index contributed by atoms with van der Waals surface area (Å²) >= 11 is 6.99. The number of nitrogens with one attached hydrogen (secondary N) is 1. The Morgan fingerprint density at radius 1 is 1.43 bits per heavy atom. The smallest absolute Gasteiger partial charge is 0.267 e. The highest BCUT2D eigenvalue weighted by Gasteiger charge is 2.24. The van der Waals surface area contributed by atoms with Crippen LogP contribution >= 0.6 is 22.9 Å². The van der Waals surface area contributed by atoms with Gasteiger partial charge in [-0.1, -0.05) is 22.9 Å². The van der Waals surface area contributed by atoms with Crippen molar-refractivity contribution in [3.63, 3.8) is 0 Å². The first-order valence-corrected chi connectivity index (χ1v) is 8.35. The summed E-state index contributed by atoms with van der Waals surface area (Å²) in [5.74, 6) is 0.0376. The molecule has 10 heteroatoms. The van der Waals surface area contributed by atoms with Gasteiger partial charge in [-0.2, -0.15) is 0 Å². The number of methoxy groups -OCH3 is 1. The van der Waals surface area contributed by atoms with E-state index in [0.29, 0.717) is 5.01 Å². The van der Waals surface area contributed by atoms with Crippen LogP contribution in [0.5, 0.6) is 5.75 Å². The minimum Gasteiger partial charge on any atom is -0.495 e. The number of hydrogen-bond acceptors (Lipinski definition) is 7. The number of aromatic nitrogens is 2. The van der Waals surface area contributed by atoms with Crippen LogP contribution in [-0.2, 0) is 16.6 Å². The number of sulfonamides is 1. The summed E-state index contributed by atoms with van der Waals surface area (Å²) in [6.07, 6.45) is 0. The van der Waals surface area contributed by atoms with Crippen molar-refractivity contribution in [1.29, 1.82) is 0 Å². The van der Waals surface area contributed by atoms with Crippen molar-refractivity contribution in [3.8, 4) is 5.75 Å². The molecular formula is C11H12ClN3O4S2. The van der Waals surface area contributed by atoms with Crippen molar-refractivity contribution < 1.29 is 18.3 Å². The summed E-state index contributed by atoms with van der Waals surface area (Å²) < 4.78 is 32.2. The van der Waals surface area contributed by atoms with Crippen molar-refractivity contribution in [3.05, 3.63) is 27.7 Å². The lowest BCUT2D eigenvalue weighted by atomic mass is 10.2. The summed E-state index contributed by atoms with van der Waals surface area (Å²) in [6.45, 7) is 1.31. The molecule has 0 aliphatic heterocycles. The molecule has 1 aromatic carbocycles. The highest BCUT2D eigenvalue weighted by Crippen LogP contribution is 2.33. The zero-order valence-corrected chi connectivity index (χ0v) is 13.5. The van der Waals surface area contributed by atoms with Crippen LogP contribution in [0.1, 0.15) is 10.6 Å². The lowest BCUT2D eigenvalue weighted by molar-refractivity contribution is 0.272. The maximum absolute atomic E-state index is 12.4. The minimum absolute atomic E-state index is 0.0376. The average molecular weight is 350 g/mol. The van der Waals surface area contributed by atoms with E-state index in [1.165, 1.54) is 19.2 Å². The normalized spacial score (nSPS) is 11.4. The van der Waals surface area contributed by atoms with Crippen LogP contribution in [0.4, 0.5) is 5.13 Å². The molecule has 1 aromatic heterocycles. The second-order valence-electron chi connectivity index (χ2n) is 3.99. The Kier molecular flexibility index (Phi) is 4.67. The molecule has 2 aromatic rings. The van der Waals surface area contributed by atoms with Crippen LogP contribution in [0.25, 0.3) is 0 Å². The number of aryl methyl sites for hydroxylation is 1. The van der Waals surface area contributed by atoms with Gasteiger partial charge in [-0.3, -0.25) is 4.72 Å². The molecule has 0 spiro atoms. The number of aliphatic hydroxyl groups excluding tert-OH is 1. The molecule has 0 atom stereocenters. The van der Waals surface area contributed by atoms with Crippen LogP contribution in [0.2, 0.25) is 5.02 Å². The Labute approximate surface area is 130 Å². The van der Waals surface area contributed by atoms with E-state index in [0.717, 1.165) is 11.3 Å². The van der Waals surface area contributed by atoms with Gasteiger partial charge in [0.05, 0.1) is 13.7 Å². The monoisotopic (exact) mass is 349 g/mol. The van der Waals surface area contributed by atoms with E-state index in [4.69, 9.17) is 16.3 Å². The number of ether oxygens (including phenoxy) is 1. The second-order valence-corrected chi connectivity index (χ2v) is 7.26. The van der Waals surface area contributed by atoms with E-state index in [1.54, 1.807) is 6.92 Å². The summed E-state index contributed by atoms with van der Waals surface area (Å²) in [5, 5.41) is 17.7. The van der Waals surface area contributed by atoms with E-state index in [2.05, 4.69) is 14.9 Å². The van der Waals surface area contributed by atoms with E-state index in [-0.39, 0.29) is 26.4 Å². The molecule has 2 rings (SSSR count). The quantitative estimate of drug-likeness (QED) is 0.853. The molecule has 0 amide bonds. The Morgan fingerprint density at radius 3 is 2.67 bits per heavy atom. The third-order valence-electron chi connectivity index (χ3n) is 2.51. The van der Waals surface area contributed by atoms with Crippen molar-refractivity contribution >= 4 is 38.1 Å². The second kappa shape index (κ2) is 6.14. The zero-order chi connectivity index (χ0) is 15.6. The fourth-order valence-electron chi connectivity index (χ4n) is 1.68. The zero-order valence-electron chi connectivity index (χ0n) is 11.1. The fraction of sp³-hybridized carbons (Fsp3) is 0.273. The van der Waals surface area contributed by atoms with Gasteiger partial charge in [-0.05, 0) is 19.1 Å². The molecular weight excluding hydrogens is 338 g/mol. The van der Waals surface area contributed by atoms with Crippen molar-refractivity contribution in [2.75, 3.05) is 11.8 Å². The van der Waals surface area contributed by atoms with Gasteiger partial charge in [0.2, 0.25) is 5.13 Å². The van der Waals surface area contributed by atoms with Crippen LogP contribution in [-0.4, -0.2) is 30.8 Å². The van der Waals surface area contributed by atoms with E-state index in [9.17, 15) is 13.5 Å². The van der Waals surface area contributed by atoms with Crippen molar-refractivity contribution in [2.45, 2.75) is 18.4 Å². The van der Waals surface area contributed by atoms with E-state index < -0.39 is 16.6 Å². The first-order valence-electron chi connectivity index (χ1n) is 5.67. The lowest BCUT2D eigenvalue weighted by Crippen LogP contribution is -2.15. The Morgan fingerprint density at radius 2 is 2.14 bits per heavy atom. The maximum Gasteiger partial charge on any atom is 0.267 e. The molecule has 0 bridgehead atoms. The van der Waals surface area contributed by atoms with Gasteiger partial charge in [0.25, 0.3) is 10.0 Å². The minimum atomic E-state index is -3.96. The van der Waals surface area contributed by atoms with Gasteiger partial charge in [-0.25, -0.2) is 8.42 Å². The van der Waals surface area contributed by atoms with Crippen molar-refractivity contribution in [2.24, 2.45) is 0 Å². The fourth-order valence-corrected chi connectivity index (χ4v) is 4.04. The van der Waals surface area contributed by atoms with Crippen LogP contribution in [0.15, 0.2) is 17.0 Å². The molecule has 114 valence electrons. The molecule has 2 N–H and O–H groups in total. The van der Waals surface area contributed by atoms with Gasteiger partial charge >= 0.3 is 0 Å². The topological polar surface area (TPSA) is 101 Å². The predicted octanol–water partition coefficient (Wildman–Crippen LogP) is 1.80. The highest BCUT2D eigenvalue weighted by atomic mass is 35.5. The summed E-state index contributed by atoms with van der Waals surface area (Å²) in [7, 11) is -2.64. The first-order chi connectivity index (χ1) is 9.87. The van der Waals surface area contributed by atoms with Crippen LogP contribution in [0.3, 0.4) is 0 Å². The molecule has 21 heavy (non-hydrogen) atoms. The molecule has 0 fully saturated rings. The average Bonchev–Trinajstić information content (AvgIpc) is 2.82. The molecule has 0 saturated carbocycles. The predicted molar refractivity (Wildman–Crippen MR) is 79.4 cm³/mol. The summed E-state index contributed by atoms with van der Waals surface area (Å²) in [5.41, 5.74) is 0.277. The molecule has 0 unspecified atom stereocenters. The van der Waals surface area contributed by atoms with Crippen LogP contribution in [0, 0.1) is 6.92 Å². The number of anilines is 1. The molecule has 0 saturated heterocycles. The standard InChI is InChI=1S/C11H12ClN3O4S2/c1-6-13-14-11(20-6)15-21(17,18)9-4-8(12)3-7(5-16)10(9)19-2/h3-4,16H,5H2,1-2H3,(H,14,15). The molecule has 0 aliphatic carbocycles. The Bertz CT molecular complexity index is 761. The first kappa shape index (κ1) is 16.0. The van der Waals surface area contributed by atoms with Gasteiger partial charge in [-0.15, -0.1) is 10.2 Å². The maximum atomic E-state index is 12.4. The lowest BCUT2D eigenvalue weighted by Gasteiger charge is -2.13. The van der Waals surface area contributed by atoms with E-state index >= 15 is 0 Å². The molecule has 1 heterocycles. The van der Waals surface area contributed by atoms with E-state index in [1.807, 2.05) is 0 Å². The summed E-state index contributed by atoms with van der Waals surface area (Å²) in [6, 6.07) is 2.68. The number of hydrogen-bond donors (Lipinski definition) is 2. The number of halogens is 1. The molecule has 0 radical (unpaired) electrons. The van der Waals surface area contributed by atoms with Crippen LogP contribution < -0.4 is 9.46 Å². The summed E-state index contributed by atoms with van der Waals surface area (Å²) in [4.78, 5) is -0.172. The molecule has 0 aliphatic rings. The van der Waals surface area contributed by atoms with Gasteiger partial charge < -0.3 is 9.84 Å². The largest absolute Gasteiger partial charge is 0.495 e. The number of benzene rings is 1. The number of aliphatic hydroxyl groups is 1. The van der Waals surface area contributed by atoms with Crippen molar-refractivity contribution in [1.82, 2.24) is 10.2 Å². The Hall–Kier alpha value is -1.42. The number of rotatable bonds is 5. The van der Waals surface area contributed by atoms with Gasteiger partial charge in [0, 0.05) is 10.6 Å².